The first kappa shape index (κ1) is 13.7. The summed E-state index contributed by atoms with van der Waals surface area (Å²) in [5.74, 6) is -0.916. The van der Waals surface area contributed by atoms with E-state index in [-0.39, 0.29) is 17.2 Å². The van der Waals surface area contributed by atoms with Gasteiger partial charge in [-0.25, -0.2) is 4.39 Å². The Balaban J connectivity index is 3.05. The third-order valence-electron chi connectivity index (χ3n) is 2.30. The average Bonchev–Trinajstić information content (AvgIpc) is 2.31. The summed E-state index contributed by atoms with van der Waals surface area (Å²) < 4.78 is 22.7. The van der Waals surface area contributed by atoms with Crippen LogP contribution in [0.5, 0.6) is 5.75 Å². The molecule has 1 unspecified atom stereocenters. The van der Waals surface area contributed by atoms with Gasteiger partial charge in [0.15, 0.2) is 0 Å². The zero-order chi connectivity index (χ0) is 13.0. The van der Waals surface area contributed by atoms with Gasteiger partial charge in [0.2, 0.25) is 0 Å². The van der Waals surface area contributed by atoms with Crippen molar-refractivity contribution in [2.45, 2.75) is 12.5 Å². The normalized spacial score (nSPS) is 12.1. The smallest absolute Gasteiger partial charge is 0.307 e. The van der Waals surface area contributed by atoms with Crippen LogP contribution in [0.4, 0.5) is 4.39 Å². The van der Waals surface area contributed by atoms with Crippen molar-refractivity contribution in [3.63, 3.8) is 0 Å². The van der Waals surface area contributed by atoms with E-state index in [4.69, 9.17) is 22.1 Å². The van der Waals surface area contributed by atoms with Crippen LogP contribution in [0.15, 0.2) is 12.1 Å². The van der Waals surface area contributed by atoms with E-state index < -0.39 is 17.8 Å². The molecule has 94 valence electrons. The van der Waals surface area contributed by atoms with Gasteiger partial charge >= 0.3 is 5.97 Å². The standard InChI is InChI=1S/C11H13ClFNO3/c1-16-9(15)5-8(14)6-3-4-7(13)10(12)11(6)17-2/h3-4,8H,5,14H2,1-2H3. The summed E-state index contributed by atoms with van der Waals surface area (Å²) in [4.78, 5) is 11.1. The van der Waals surface area contributed by atoms with Crippen LogP contribution in [0.3, 0.4) is 0 Å². The predicted octanol–water partition coefficient (Wildman–Crippen LogP) is 2.05. The van der Waals surface area contributed by atoms with Crippen LogP contribution < -0.4 is 10.5 Å². The topological polar surface area (TPSA) is 61.5 Å². The number of hydrogen-bond acceptors (Lipinski definition) is 4. The van der Waals surface area contributed by atoms with E-state index in [9.17, 15) is 9.18 Å². The number of nitrogens with two attached hydrogens (primary N) is 1. The van der Waals surface area contributed by atoms with Crippen molar-refractivity contribution in [1.29, 1.82) is 0 Å². The van der Waals surface area contributed by atoms with Gasteiger partial charge in [-0.2, -0.15) is 0 Å². The SMILES string of the molecule is COC(=O)CC(N)c1ccc(F)c(Cl)c1OC. The van der Waals surface area contributed by atoms with E-state index in [1.165, 1.54) is 26.4 Å². The van der Waals surface area contributed by atoms with Gasteiger partial charge in [0.05, 0.1) is 20.6 Å². The highest BCUT2D eigenvalue weighted by molar-refractivity contribution is 6.32. The van der Waals surface area contributed by atoms with E-state index in [0.717, 1.165) is 0 Å². The predicted molar refractivity (Wildman–Crippen MR) is 61.5 cm³/mol. The summed E-state index contributed by atoms with van der Waals surface area (Å²) in [6.07, 6.45) is -0.0329. The average molecular weight is 262 g/mol. The van der Waals surface area contributed by atoms with Gasteiger partial charge in [-0.1, -0.05) is 17.7 Å². The molecule has 0 aliphatic rings. The maximum atomic E-state index is 13.2. The molecule has 0 saturated carbocycles. The number of carbonyl (C=O) groups is 1. The number of methoxy groups -OCH3 is 2. The zero-order valence-electron chi connectivity index (χ0n) is 9.50. The Bertz CT molecular complexity index is 425. The minimum atomic E-state index is -0.657. The van der Waals surface area contributed by atoms with Crippen LogP contribution in [0.2, 0.25) is 5.02 Å². The Hall–Kier alpha value is -1.33. The van der Waals surface area contributed by atoms with Crippen LogP contribution in [-0.4, -0.2) is 20.2 Å². The number of carbonyl (C=O) groups excluding carboxylic acids is 1. The minimum absolute atomic E-state index is 0.0329. The van der Waals surface area contributed by atoms with Gasteiger partial charge in [0, 0.05) is 11.6 Å². The van der Waals surface area contributed by atoms with Crippen LogP contribution in [0.25, 0.3) is 0 Å². The largest absolute Gasteiger partial charge is 0.495 e. The van der Waals surface area contributed by atoms with Crippen LogP contribution >= 0.6 is 11.6 Å². The van der Waals surface area contributed by atoms with E-state index in [0.29, 0.717) is 5.56 Å². The molecule has 0 amide bonds. The second-order valence-corrected chi connectivity index (χ2v) is 3.75. The van der Waals surface area contributed by atoms with E-state index >= 15 is 0 Å². The molecule has 0 aliphatic heterocycles. The Labute approximate surface area is 103 Å². The number of hydrogen-bond donors (Lipinski definition) is 1. The zero-order valence-corrected chi connectivity index (χ0v) is 10.3. The van der Waals surface area contributed by atoms with E-state index in [1.54, 1.807) is 0 Å². The molecule has 0 fully saturated rings. The summed E-state index contributed by atoms with van der Waals surface area (Å²) in [5, 5.41) is -0.148. The first-order valence-corrected chi connectivity index (χ1v) is 5.23. The van der Waals surface area contributed by atoms with Crippen molar-refractivity contribution in [2.75, 3.05) is 14.2 Å². The fourth-order valence-corrected chi connectivity index (χ4v) is 1.67. The molecule has 2 N–H and O–H groups in total. The first-order valence-electron chi connectivity index (χ1n) is 4.85. The molecule has 0 spiro atoms. The molecule has 0 bridgehead atoms. The molecular weight excluding hydrogens is 249 g/mol. The molecule has 1 aromatic carbocycles. The van der Waals surface area contributed by atoms with Crippen LogP contribution in [0, 0.1) is 5.82 Å². The van der Waals surface area contributed by atoms with Gasteiger partial charge in [-0.15, -0.1) is 0 Å². The number of rotatable bonds is 4. The highest BCUT2D eigenvalue weighted by atomic mass is 35.5. The van der Waals surface area contributed by atoms with Crippen LogP contribution in [0.1, 0.15) is 18.0 Å². The quantitative estimate of drug-likeness (QED) is 0.843. The number of esters is 1. The molecule has 1 atom stereocenters. The Kier molecular flexibility index (Phi) is 4.72. The van der Waals surface area contributed by atoms with Crippen molar-refractivity contribution in [1.82, 2.24) is 0 Å². The van der Waals surface area contributed by atoms with Gasteiger partial charge in [-0.05, 0) is 6.07 Å². The molecule has 0 aromatic heterocycles. The summed E-state index contributed by atoms with van der Waals surface area (Å²) in [6.45, 7) is 0. The summed E-state index contributed by atoms with van der Waals surface area (Å²) in [5.41, 5.74) is 6.27. The maximum Gasteiger partial charge on any atom is 0.307 e. The molecule has 1 aromatic rings. The van der Waals surface area contributed by atoms with Crippen molar-refractivity contribution in [3.05, 3.63) is 28.5 Å². The molecular formula is C11H13ClFNO3. The van der Waals surface area contributed by atoms with Crippen molar-refractivity contribution >= 4 is 17.6 Å². The van der Waals surface area contributed by atoms with Crippen molar-refractivity contribution < 1.29 is 18.7 Å². The Morgan fingerprint density at radius 2 is 2.18 bits per heavy atom. The lowest BCUT2D eigenvalue weighted by Crippen LogP contribution is -2.17. The maximum absolute atomic E-state index is 13.2. The van der Waals surface area contributed by atoms with E-state index in [2.05, 4.69) is 4.74 Å². The number of benzene rings is 1. The first-order chi connectivity index (χ1) is 8.01. The molecule has 0 aliphatic carbocycles. The molecule has 4 nitrogen and oxygen atoms in total. The second-order valence-electron chi connectivity index (χ2n) is 3.37. The fourth-order valence-electron chi connectivity index (χ4n) is 1.42. The lowest BCUT2D eigenvalue weighted by molar-refractivity contribution is -0.141. The highest BCUT2D eigenvalue weighted by Crippen LogP contribution is 2.34. The van der Waals surface area contributed by atoms with Crippen molar-refractivity contribution in [2.24, 2.45) is 5.73 Å². The van der Waals surface area contributed by atoms with E-state index in [1.807, 2.05) is 0 Å². The summed E-state index contributed by atoms with van der Waals surface area (Å²) >= 11 is 5.74. The molecule has 17 heavy (non-hydrogen) atoms. The molecule has 1 rings (SSSR count). The Morgan fingerprint density at radius 1 is 1.53 bits per heavy atom. The van der Waals surface area contributed by atoms with Crippen LogP contribution in [-0.2, 0) is 9.53 Å². The lowest BCUT2D eigenvalue weighted by Gasteiger charge is -2.16. The molecule has 0 heterocycles. The van der Waals surface area contributed by atoms with Crippen molar-refractivity contribution in [3.8, 4) is 5.75 Å². The lowest BCUT2D eigenvalue weighted by atomic mass is 10.0. The van der Waals surface area contributed by atoms with Gasteiger partial charge in [0.1, 0.15) is 16.6 Å². The second kappa shape index (κ2) is 5.84. The summed E-state index contributed by atoms with van der Waals surface area (Å²) in [6, 6.07) is 1.96. The minimum Gasteiger partial charge on any atom is -0.495 e. The third kappa shape index (κ3) is 3.08. The number of ether oxygens (including phenoxy) is 2. The summed E-state index contributed by atoms with van der Waals surface area (Å²) in [7, 11) is 2.62. The fraction of sp³-hybridized carbons (Fsp3) is 0.364. The van der Waals surface area contributed by atoms with Gasteiger partial charge in [0.25, 0.3) is 0 Å². The third-order valence-corrected chi connectivity index (χ3v) is 2.65. The molecule has 6 heteroatoms. The number of halogens is 2. The van der Waals surface area contributed by atoms with Gasteiger partial charge < -0.3 is 15.2 Å². The monoisotopic (exact) mass is 261 g/mol. The molecule has 0 radical (unpaired) electrons. The highest BCUT2D eigenvalue weighted by Gasteiger charge is 2.20. The molecule has 0 saturated heterocycles. The van der Waals surface area contributed by atoms with Gasteiger partial charge in [-0.3, -0.25) is 4.79 Å². The Morgan fingerprint density at radius 3 is 2.71 bits per heavy atom.